The second kappa shape index (κ2) is 5.60. The van der Waals surface area contributed by atoms with Gasteiger partial charge in [-0.15, -0.1) is 0 Å². The Morgan fingerprint density at radius 1 is 1.39 bits per heavy atom. The van der Waals surface area contributed by atoms with E-state index in [4.69, 9.17) is 9.47 Å². The van der Waals surface area contributed by atoms with Crippen molar-refractivity contribution in [2.24, 2.45) is 7.05 Å². The highest BCUT2D eigenvalue weighted by Gasteiger charge is 2.46. The first-order valence-electron chi connectivity index (χ1n) is 8.30. The van der Waals surface area contributed by atoms with Gasteiger partial charge in [-0.3, -0.25) is 9.48 Å². The number of ether oxygens (including phenoxy) is 2. The van der Waals surface area contributed by atoms with Crippen molar-refractivity contribution in [2.45, 2.75) is 63.7 Å². The number of amides is 1. The molecule has 128 valence electrons. The van der Waals surface area contributed by atoms with Gasteiger partial charge in [-0.2, -0.15) is 5.10 Å². The molecule has 0 saturated carbocycles. The lowest BCUT2D eigenvalue weighted by molar-refractivity contribution is -0.0693. The maximum absolute atomic E-state index is 12.8. The molecule has 23 heavy (non-hydrogen) atoms. The van der Waals surface area contributed by atoms with Crippen LogP contribution in [0.1, 0.15) is 62.5 Å². The van der Waals surface area contributed by atoms with Gasteiger partial charge in [-0.05, 0) is 40.5 Å². The molecule has 0 aliphatic carbocycles. The topological polar surface area (TPSA) is 65.4 Å². The van der Waals surface area contributed by atoms with Gasteiger partial charge in [0.05, 0.1) is 35.1 Å². The second-order valence-corrected chi connectivity index (χ2v) is 7.86. The van der Waals surface area contributed by atoms with Crippen LogP contribution in [-0.2, 0) is 16.5 Å². The largest absolute Gasteiger partial charge is 0.381 e. The van der Waals surface area contributed by atoms with Crippen molar-refractivity contribution >= 4 is 5.91 Å². The number of nitrogens with zero attached hydrogens (tertiary/aromatic N) is 2. The molecule has 0 unspecified atom stereocenters. The van der Waals surface area contributed by atoms with E-state index in [2.05, 4.69) is 24.3 Å². The van der Waals surface area contributed by atoms with Crippen molar-refractivity contribution in [3.63, 3.8) is 0 Å². The SMILES string of the molecule is Cn1cc(C(=O)N[C@@H]2CC(C)(C)OC2(C)C)c([C@H]2CCOC2)n1. The highest BCUT2D eigenvalue weighted by Crippen LogP contribution is 2.37. The summed E-state index contributed by atoms with van der Waals surface area (Å²) in [6.45, 7) is 9.56. The fraction of sp³-hybridized carbons (Fsp3) is 0.765. The summed E-state index contributed by atoms with van der Waals surface area (Å²) in [5, 5.41) is 7.66. The third-order valence-corrected chi connectivity index (χ3v) is 4.80. The van der Waals surface area contributed by atoms with Crippen LogP contribution in [0.2, 0.25) is 0 Å². The molecule has 2 fully saturated rings. The molecule has 6 heteroatoms. The summed E-state index contributed by atoms with van der Waals surface area (Å²) in [5.74, 6) is 0.139. The van der Waals surface area contributed by atoms with E-state index < -0.39 is 0 Å². The van der Waals surface area contributed by atoms with Crippen LogP contribution in [0.15, 0.2) is 6.20 Å². The zero-order valence-corrected chi connectivity index (χ0v) is 14.7. The molecule has 2 aliphatic heterocycles. The molecule has 0 spiro atoms. The van der Waals surface area contributed by atoms with Gasteiger partial charge in [0.2, 0.25) is 0 Å². The Kier molecular flexibility index (Phi) is 4.01. The first kappa shape index (κ1) is 16.5. The summed E-state index contributed by atoms with van der Waals surface area (Å²) in [5.41, 5.74) is 0.901. The standard InChI is InChI=1S/C17H27N3O3/c1-16(2)8-13(17(3,4)23-16)18-15(21)12-9-20(5)19-14(12)11-6-7-22-10-11/h9,11,13H,6-8,10H2,1-5H3,(H,18,21)/t11-,13+/m0/s1. The van der Waals surface area contributed by atoms with Gasteiger partial charge in [0, 0.05) is 25.8 Å². The quantitative estimate of drug-likeness (QED) is 0.925. The molecular formula is C17H27N3O3. The Morgan fingerprint density at radius 3 is 2.70 bits per heavy atom. The van der Waals surface area contributed by atoms with Crippen LogP contribution in [0.3, 0.4) is 0 Å². The van der Waals surface area contributed by atoms with Crippen LogP contribution in [-0.4, -0.2) is 46.1 Å². The van der Waals surface area contributed by atoms with Crippen molar-refractivity contribution in [1.29, 1.82) is 0 Å². The summed E-state index contributed by atoms with van der Waals surface area (Å²) in [6, 6.07) is -0.0158. The maximum atomic E-state index is 12.8. The van der Waals surface area contributed by atoms with Gasteiger partial charge < -0.3 is 14.8 Å². The zero-order valence-electron chi connectivity index (χ0n) is 14.7. The molecule has 0 aromatic carbocycles. The Hall–Kier alpha value is -1.40. The minimum Gasteiger partial charge on any atom is -0.381 e. The molecular weight excluding hydrogens is 294 g/mol. The Morgan fingerprint density at radius 2 is 2.13 bits per heavy atom. The fourth-order valence-corrected chi connectivity index (χ4v) is 3.76. The molecule has 1 aromatic heterocycles. The van der Waals surface area contributed by atoms with E-state index in [1.165, 1.54) is 0 Å². The Bertz CT molecular complexity index is 600. The molecule has 1 N–H and O–H groups in total. The lowest BCUT2D eigenvalue weighted by Gasteiger charge is -2.27. The number of carbonyl (C=O) groups is 1. The van der Waals surface area contributed by atoms with Gasteiger partial charge >= 0.3 is 0 Å². The minimum atomic E-state index is -0.377. The molecule has 2 aliphatic rings. The van der Waals surface area contributed by atoms with E-state index in [1.54, 1.807) is 10.9 Å². The summed E-state index contributed by atoms with van der Waals surface area (Å²) < 4.78 is 13.2. The lowest BCUT2D eigenvalue weighted by Crippen LogP contribution is -2.46. The maximum Gasteiger partial charge on any atom is 0.255 e. The molecule has 6 nitrogen and oxygen atoms in total. The highest BCUT2D eigenvalue weighted by atomic mass is 16.5. The van der Waals surface area contributed by atoms with Crippen molar-refractivity contribution in [3.05, 3.63) is 17.5 Å². The van der Waals surface area contributed by atoms with Crippen molar-refractivity contribution in [2.75, 3.05) is 13.2 Å². The fourth-order valence-electron chi connectivity index (χ4n) is 3.76. The van der Waals surface area contributed by atoms with Crippen LogP contribution >= 0.6 is 0 Å². The van der Waals surface area contributed by atoms with Crippen LogP contribution in [0.5, 0.6) is 0 Å². The molecule has 0 radical (unpaired) electrons. The number of hydrogen-bond donors (Lipinski definition) is 1. The van der Waals surface area contributed by atoms with Crippen LogP contribution in [0, 0.1) is 0 Å². The Balaban J connectivity index is 1.79. The number of nitrogens with one attached hydrogen (secondary N) is 1. The van der Waals surface area contributed by atoms with Crippen molar-refractivity contribution < 1.29 is 14.3 Å². The second-order valence-electron chi connectivity index (χ2n) is 7.86. The summed E-state index contributed by atoms with van der Waals surface area (Å²) in [4.78, 5) is 12.8. The van der Waals surface area contributed by atoms with Gasteiger partial charge in [0.25, 0.3) is 5.91 Å². The summed E-state index contributed by atoms with van der Waals surface area (Å²) in [7, 11) is 1.85. The first-order valence-corrected chi connectivity index (χ1v) is 8.30. The van der Waals surface area contributed by atoms with Crippen LogP contribution in [0.25, 0.3) is 0 Å². The van der Waals surface area contributed by atoms with E-state index >= 15 is 0 Å². The monoisotopic (exact) mass is 321 g/mol. The molecule has 2 saturated heterocycles. The van der Waals surface area contributed by atoms with E-state index in [9.17, 15) is 4.79 Å². The van der Waals surface area contributed by atoms with Crippen LogP contribution in [0.4, 0.5) is 0 Å². The van der Waals surface area contributed by atoms with Crippen molar-refractivity contribution in [3.8, 4) is 0 Å². The van der Waals surface area contributed by atoms with E-state index in [0.717, 1.165) is 25.1 Å². The van der Waals surface area contributed by atoms with Crippen LogP contribution < -0.4 is 5.32 Å². The predicted molar refractivity (Wildman–Crippen MR) is 86.5 cm³/mol. The predicted octanol–water partition coefficient (Wildman–Crippen LogP) is 2.00. The summed E-state index contributed by atoms with van der Waals surface area (Å²) in [6.07, 6.45) is 3.52. The molecule has 1 amide bonds. The third kappa shape index (κ3) is 3.28. The van der Waals surface area contributed by atoms with E-state index in [-0.39, 0.29) is 29.1 Å². The highest BCUT2D eigenvalue weighted by molar-refractivity contribution is 5.95. The van der Waals surface area contributed by atoms with Gasteiger partial charge in [0.15, 0.2) is 0 Å². The number of aryl methyl sites for hydroxylation is 1. The van der Waals surface area contributed by atoms with Gasteiger partial charge in [0.1, 0.15) is 0 Å². The Labute approximate surface area is 137 Å². The average Bonchev–Trinajstić information content (AvgIpc) is 3.07. The smallest absolute Gasteiger partial charge is 0.255 e. The number of aromatic nitrogens is 2. The van der Waals surface area contributed by atoms with E-state index in [0.29, 0.717) is 12.2 Å². The number of rotatable bonds is 3. The number of carbonyl (C=O) groups excluding carboxylic acids is 1. The molecule has 3 rings (SSSR count). The third-order valence-electron chi connectivity index (χ3n) is 4.80. The summed E-state index contributed by atoms with van der Waals surface area (Å²) >= 11 is 0. The zero-order chi connectivity index (χ0) is 16.8. The number of hydrogen-bond acceptors (Lipinski definition) is 4. The minimum absolute atomic E-state index is 0.0158. The van der Waals surface area contributed by atoms with Gasteiger partial charge in [-0.1, -0.05) is 0 Å². The molecule has 1 aromatic rings. The lowest BCUT2D eigenvalue weighted by atomic mass is 9.93. The average molecular weight is 321 g/mol. The molecule has 0 bridgehead atoms. The molecule has 3 heterocycles. The van der Waals surface area contributed by atoms with Gasteiger partial charge in [-0.25, -0.2) is 0 Å². The van der Waals surface area contributed by atoms with E-state index in [1.807, 2.05) is 20.9 Å². The molecule has 2 atom stereocenters. The normalized spacial score (nSPS) is 28.9. The van der Waals surface area contributed by atoms with Crippen molar-refractivity contribution in [1.82, 2.24) is 15.1 Å². The first-order chi connectivity index (χ1) is 10.7.